The van der Waals surface area contributed by atoms with Crippen LogP contribution in [0.2, 0.25) is 4.34 Å². The van der Waals surface area contributed by atoms with Crippen LogP contribution in [0.3, 0.4) is 0 Å². The number of carbonyl (C=O) groups excluding carboxylic acids is 1. The fourth-order valence-electron chi connectivity index (χ4n) is 3.93. The number of sulfonamides is 1. The Labute approximate surface area is 223 Å². The Kier molecular flexibility index (Phi) is 8.05. The van der Waals surface area contributed by atoms with Gasteiger partial charge in [-0.1, -0.05) is 41.9 Å². The van der Waals surface area contributed by atoms with Gasteiger partial charge in [0.1, 0.15) is 16.0 Å². The zero-order valence-corrected chi connectivity index (χ0v) is 22.4. The number of fused-ring (bicyclic) bond motifs is 1. The molecule has 0 fully saturated rings. The van der Waals surface area contributed by atoms with Crippen molar-refractivity contribution in [2.75, 3.05) is 11.8 Å². The molecular weight excluding hydrogens is 538 g/mol. The molecule has 2 aromatic carbocycles. The first-order valence-corrected chi connectivity index (χ1v) is 13.9. The molecule has 37 heavy (non-hydrogen) atoms. The Morgan fingerprint density at radius 2 is 1.95 bits per heavy atom. The molecule has 196 valence electrons. The van der Waals surface area contributed by atoms with Crippen LogP contribution in [-0.2, 0) is 27.9 Å². The van der Waals surface area contributed by atoms with Gasteiger partial charge in [-0.15, -0.1) is 11.3 Å². The van der Waals surface area contributed by atoms with Crippen molar-refractivity contribution in [2.45, 2.75) is 36.4 Å². The molecule has 0 aliphatic rings. The highest BCUT2D eigenvalue weighted by molar-refractivity contribution is 7.94. The molecule has 4 rings (SSSR count). The summed E-state index contributed by atoms with van der Waals surface area (Å²) in [5, 5.41) is 17.8. The highest BCUT2D eigenvalue weighted by Crippen LogP contribution is 2.35. The molecule has 2 heterocycles. The van der Waals surface area contributed by atoms with E-state index in [1.54, 1.807) is 16.8 Å². The van der Waals surface area contributed by atoms with Crippen molar-refractivity contribution in [1.29, 1.82) is 0 Å². The number of primary amides is 1. The summed E-state index contributed by atoms with van der Waals surface area (Å²) >= 11 is 6.89. The standard InChI is InChI=1S/C24H26ClN5O5S2/c1-14(31)22(23(26)32)27-12-15-5-3-6-16(11-15)13-30-17-7-4-8-18(35-2)21(17)24(28-30)29-37(33,34)20-10-9-19(25)36-20/h3-11,14,22,27,31H,12-13H2,1-2H3,(H2,26,32)(H,28,29)/t14-,22-/m1/s1. The number of carbonyl (C=O) groups is 1. The van der Waals surface area contributed by atoms with E-state index >= 15 is 0 Å². The van der Waals surface area contributed by atoms with Gasteiger partial charge in [0.25, 0.3) is 10.0 Å². The molecule has 1 amide bonds. The van der Waals surface area contributed by atoms with E-state index in [1.165, 1.54) is 26.2 Å². The molecule has 4 aromatic rings. The minimum atomic E-state index is -3.92. The van der Waals surface area contributed by atoms with Gasteiger partial charge in [-0.05, 0) is 42.3 Å². The van der Waals surface area contributed by atoms with Crippen molar-refractivity contribution < 1.29 is 23.1 Å². The molecule has 2 atom stereocenters. The molecule has 0 spiro atoms. The fraction of sp³-hybridized carbons (Fsp3) is 0.250. The van der Waals surface area contributed by atoms with Gasteiger partial charge in [0, 0.05) is 6.54 Å². The van der Waals surface area contributed by atoms with Crippen LogP contribution in [0.1, 0.15) is 18.1 Å². The number of hydrogen-bond acceptors (Lipinski definition) is 8. The fourth-order valence-corrected chi connectivity index (χ4v) is 6.42. The van der Waals surface area contributed by atoms with Gasteiger partial charge in [-0.3, -0.25) is 19.5 Å². The van der Waals surface area contributed by atoms with Crippen LogP contribution < -0.4 is 20.5 Å². The zero-order chi connectivity index (χ0) is 26.7. The largest absolute Gasteiger partial charge is 0.496 e. The van der Waals surface area contributed by atoms with Crippen molar-refractivity contribution in [1.82, 2.24) is 15.1 Å². The molecule has 0 saturated heterocycles. The lowest BCUT2D eigenvalue weighted by molar-refractivity contribution is -0.122. The van der Waals surface area contributed by atoms with Crippen LogP contribution in [-0.4, -0.2) is 48.5 Å². The molecule has 0 saturated carbocycles. The number of nitrogens with one attached hydrogen (secondary N) is 2. The number of nitrogens with zero attached hydrogens (tertiary/aromatic N) is 2. The summed E-state index contributed by atoms with van der Waals surface area (Å²) < 4.78 is 36.2. The van der Waals surface area contributed by atoms with Crippen LogP contribution in [0, 0.1) is 0 Å². The number of ether oxygens (including phenoxy) is 1. The highest BCUT2D eigenvalue weighted by atomic mass is 35.5. The molecule has 5 N–H and O–H groups in total. The normalized spacial score (nSPS) is 13.4. The predicted molar refractivity (Wildman–Crippen MR) is 143 cm³/mol. The first kappa shape index (κ1) is 26.9. The minimum Gasteiger partial charge on any atom is -0.496 e. The Morgan fingerprint density at radius 1 is 1.22 bits per heavy atom. The van der Waals surface area contributed by atoms with Gasteiger partial charge < -0.3 is 15.6 Å². The van der Waals surface area contributed by atoms with Gasteiger partial charge >= 0.3 is 0 Å². The van der Waals surface area contributed by atoms with E-state index in [0.717, 1.165) is 22.5 Å². The lowest BCUT2D eigenvalue weighted by atomic mass is 10.1. The highest BCUT2D eigenvalue weighted by Gasteiger charge is 2.23. The number of thiophene rings is 1. The minimum absolute atomic E-state index is 0.0711. The van der Waals surface area contributed by atoms with Crippen molar-refractivity contribution in [2.24, 2.45) is 5.73 Å². The molecular formula is C24H26ClN5O5S2. The van der Waals surface area contributed by atoms with E-state index < -0.39 is 28.1 Å². The summed E-state index contributed by atoms with van der Waals surface area (Å²) in [6, 6.07) is 15.0. The van der Waals surface area contributed by atoms with Crippen LogP contribution in [0.4, 0.5) is 5.82 Å². The second-order valence-corrected chi connectivity index (χ2v) is 12.0. The summed E-state index contributed by atoms with van der Waals surface area (Å²) in [6.07, 6.45) is -0.932. The summed E-state index contributed by atoms with van der Waals surface area (Å²) in [5.74, 6) is -0.0295. The van der Waals surface area contributed by atoms with Gasteiger partial charge in [0.05, 0.1) is 35.0 Å². The van der Waals surface area contributed by atoms with E-state index in [4.69, 9.17) is 22.1 Å². The van der Waals surface area contributed by atoms with Gasteiger partial charge in [-0.2, -0.15) is 5.10 Å². The first-order chi connectivity index (χ1) is 17.6. The van der Waals surface area contributed by atoms with Gasteiger partial charge in [0.15, 0.2) is 5.82 Å². The van der Waals surface area contributed by atoms with Crippen molar-refractivity contribution >= 4 is 55.6 Å². The summed E-state index contributed by atoms with van der Waals surface area (Å²) in [7, 11) is -2.41. The summed E-state index contributed by atoms with van der Waals surface area (Å²) in [5.41, 5.74) is 7.79. The molecule has 13 heteroatoms. The summed E-state index contributed by atoms with van der Waals surface area (Å²) in [6.45, 7) is 2.14. The number of halogens is 1. The van der Waals surface area contributed by atoms with Crippen molar-refractivity contribution in [3.8, 4) is 5.75 Å². The van der Waals surface area contributed by atoms with Gasteiger partial charge in [0.2, 0.25) is 5.91 Å². The van der Waals surface area contributed by atoms with Crippen LogP contribution in [0.5, 0.6) is 5.75 Å². The van der Waals surface area contributed by atoms with Crippen LogP contribution >= 0.6 is 22.9 Å². The average Bonchev–Trinajstić information content (AvgIpc) is 3.43. The second kappa shape index (κ2) is 11.1. The number of aliphatic hydroxyl groups is 1. The monoisotopic (exact) mass is 563 g/mol. The average molecular weight is 564 g/mol. The van der Waals surface area contributed by atoms with Crippen molar-refractivity contribution in [3.63, 3.8) is 0 Å². The molecule has 10 nitrogen and oxygen atoms in total. The van der Waals surface area contributed by atoms with E-state index in [1.807, 2.05) is 30.3 Å². The Hall–Kier alpha value is -3.16. The SMILES string of the molecule is COc1cccc2c1c(NS(=O)(=O)c1ccc(Cl)s1)nn2Cc1cccc(CN[C@@H](C(N)=O)[C@@H](C)O)c1. The topological polar surface area (TPSA) is 149 Å². The van der Waals surface area contributed by atoms with Crippen LogP contribution in [0.25, 0.3) is 10.9 Å². The quantitative estimate of drug-likeness (QED) is 0.219. The number of rotatable bonds is 11. The number of aliphatic hydroxyl groups excluding tert-OH is 1. The zero-order valence-electron chi connectivity index (χ0n) is 20.0. The predicted octanol–water partition coefficient (Wildman–Crippen LogP) is 2.93. The van der Waals surface area contributed by atoms with E-state index in [-0.39, 0.29) is 10.0 Å². The maximum atomic E-state index is 13.0. The molecule has 0 aliphatic heterocycles. The van der Waals surface area contributed by atoms with Crippen LogP contribution in [0.15, 0.2) is 58.8 Å². The Morgan fingerprint density at radius 3 is 2.59 bits per heavy atom. The van der Waals surface area contributed by atoms with E-state index in [2.05, 4.69) is 15.1 Å². The Balaban J connectivity index is 1.64. The number of anilines is 1. The lowest BCUT2D eigenvalue weighted by Gasteiger charge is -2.18. The second-order valence-electron chi connectivity index (χ2n) is 8.35. The lowest BCUT2D eigenvalue weighted by Crippen LogP contribution is -2.47. The third-order valence-corrected chi connectivity index (χ3v) is 8.70. The molecule has 0 unspecified atom stereocenters. The van der Waals surface area contributed by atoms with E-state index in [0.29, 0.717) is 34.1 Å². The molecule has 0 bridgehead atoms. The number of nitrogens with two attached hydrogens (primary N) is 1. The molecule has 0 radical (unpaired) electrons. The summed E-state index contributed by atoms with van der Waals surface area (Å²) in [4.78, 5) is 11.6. The molecule has 2 aromatic heterocycles. The smallest absolute Gasteiger partial charge is 0.272 e. The third-order valence-electron chi connectivity index (χ3n) is 5.64. The number of benzene rings is 2. The number of methoxy groups -OCH3 is 1. The molecule has 0 aliphatic carbocycles. The maximum absolute atomic E-state index is 13.0. The van der Waals surface area contributed by atoms with E-state index in [9.17, 15) is 18.3 Å². The van der Waals surface area contributed by atoms with Crippen molar-refractivity contribution in [3.05, 3.63) is 70.1 Å². The first-order valence-electron chi connectivity index (χ1n) is 11.2. The van der Waals surface area contributed by atoms with Gasteiger partial charge in [-0.25, -0.2) is 8.42 Å². The number of hydrogen-bond donors (Lipinski definition) is 4. The number of amides is 1. The maximum Gasteiger partial charge on any atom is 0.272 e. The number of aromatic nitrogens is 2. The third kappa shape index (κ3) is 6.05. The Bertz CT molecular complexity index is 1530.